The Morgan fingerprint density at radius 2 is 0.810 bits per heavy atom. The first-order chi connectivity index (χ1) is 10.3. The molecule has 0 N–H and O–H groups in total. The monoisotopic (exact) mass is 320 g/mol. The van der Waals surface area contributed by atoms with Crippen LogP contribution in [0, 0.1) is 0 Å². The molecule has 120 valence electrons. The van der Waals surface area contributed by atoms with Gasteiger partial charge in [-0.05, 0) is 0 Å². The lowest BCUT2D eigenvalue weighted by Gasteiger charge is -2.27. The molecule has 21 heavy (non-hydrogen) atoms. The van der Waals surface area contributed by atoms with Crippen LogP contribution >= 0.6 is 0 Å². The van der Waals surface area contributed by atoms with E-state index in [-0.39, 0.29) is 24.4 Å². The number of hydrogen-bond acceptors (Lipinski definition) is 8. The summed E-state index contributed by atoms with van der Waals surface area (Å²) in [5, 5.41) is 0. The van der Waals surface area contributed by atoms with Gasteiger partial charge in [-0.15, -0.1) is 0 Å². The molecule has 4 heterocycles. The van der Waals surface area contributed by atoms with Gasteiger partial charge in [0.05, 0.1) is 52.9 Å². The summed E-state index contributed by atoms with van der Waals surface area (Å²) in [5.41, 5.74) is 0. The first kappa shape index (κ1) is 14.5. The zero-order valence-corrected chi connectivity index (χ0v) is 12.7. The van der Waals surface area contributed by atoms with E-state index < -0.39 is 9.05 Å². The average molecular weight is 320 g/mol. The van der Waals surface area contributed by atoms with Crippen LogP contribution in [-0.4, -0.2) is 86.3 Å². The molecule has 0 aromatic carbocycles. The highest BCUT2D eigenvalue weighted by atomic mass is 28.4. The second kappa shape index (κ2) is 6.18. The lowest BCUT2D eigenvalue weighted by molar-refractivity contribution is -0.0443. The van der Waals surface area contributed by atoms with Crippen LogP contribution in [0.3, 0.4) is 0 Å². The van der Waals surface area contributed by atoms with Gasteiger partial charge < -0.3 is 36.7 Å². The van der Waals surface area contributed by atoms with Gasteiger partial charge in [-0.3, -0.25) is 0 Å². The van der Waals surface area contributed by atoms with Crippen LogP contribution in [-0.2, 0) is 36.7 Å². The molecule has 8 nitrogen and oxygen atoms in total. The molecular formula is C12H20O8Si. The normalized spacial score (nSPS) is 38.9. The van der Waals surface area contributed by atoms with Gasteiger partial charge in [0.1, 0.15) is 24.4 Å². The maximum absolute atomic E-state index is 5.87. The standard InChI is InChI=1S/C12H20O8Si/c1-9(13-1)5-17-21(18-6-10-2-14-10,19-7-11-3-15-11)20-8-12-4-16-12/h9-12H,1-8H2. The van der Waals surface area contributed by atoms with Crippen LogP contribution in [0.5, 0.6) is 0 Å². The minimum atomic E-state index is -3.21. The Morgan fingerprint density at radius 1 is 0.571 bits per heavy atom. The molecule has 0 radical (unpaired) electrons. The Kier molecular flexibility index (Phi) is 4.27. The number of hydrogen-bond donors (Lipinski definition) is 0. The average Bonchev–Trinajstić information content (AvgIpc) is 3.39. The fraction of sp³-hybridized carbons (Fsp3) is 1.00. The summed E-state index contributed by atoms with van der Waals surface area (Å²) in [7, 11) is -3.21. The van der Waals surface area contributed by atoms with Crippen LogP contribution in [0.15, 0.2) is 0 Å². The van der Waals surface area contributed by atoms with E-state index >= 15 is 0 Å². The lowest BCUT2D eigenvalue weighted by atomic mass is 10.5. The van der Waals surface area contributed by atoms with Crippen LogP contribution in [0.2, 0.25) is 0 Å². The molecule has 0 aromatic rings. The van der Waals surface area contributed by atoms with Gasteiger partial charge in [0, 0.05) is 0 Å². The Morgan fingerprint density at radius 3 is 1.00 bits per heavy atom. The second-order valence-electron chi connectivity index (χ2n) is 5.57. The van der Waals surface area contributed by atoms with Crippen LogP contribution in [0.4, 0.5) is 0 Å². The predicted octanol–water partition coefficient (Wildman–Crippen LogP) is -0.916. The van der Waals surface area contributed by atoms with E-state index in [1.807, 2.05) is 0 Å². The second-order valence-corrected chi connectivity index (χ2v) is 7.72. The molecule has 4 fully saturated rings. The van der Waals surface area contributed by atoms with E-state index in [9.17, 15) is 0 Å². The summed E-state index contributed by atoms with van der Waals surface area (Å²) in [5.74, 6) is 0. The van der Waals surface area contributed by atoms with Gasteiger partial charge in [-0.2, -0.15) is 0 Å². The highest BCUT2D eigenvalue weighted by Gasteiger charge is 2.51. The third-order valence-corrected chi connectivity index (χ3v) is 5.47. The summed E-state index contributed by atoms with van der Waals surface area (Å²) in [4.78, 5) is 0. The van der Waals surface area contributed by atoms with Gasteiger partial charge in [0.2, 0.25) is 0 Å². The quantitative estimate of drug-likeness (QED) is 0.337. The van der Waals surface area contributed by atoms with E-state index in [4.69, 9.17) is 36.7 Å². The van der Waals surface area contributed by atoms with Crippen molar-refractivity contribution >= 4 is 9.05 Å². The molecule has 0 spiro atoms. The van der Waals surface area contributed by atoms with Crippen molar-refractivity contribution in [3.05, 3.63) is 0 Å². The first-order valence-corrected chi connectivity index (χ1v) is 8.97. The van der Waals surface area contributed by atoms with E-state index in [0.29, 0.717) is 52.9 Å². The van der Waals surface area contributed by atoms with Crippen molar-refractivity contribution in [2.24, 2.45) is 0 Å². The zero-order chi connectivity index (χ0) is 14.1. The molecule has 4 rings (SSSR count). The highest BCUT2D eigenvalue weighted by molar-refractivity contribution is 6.53. The highest BCUT2D eigenvalue weighted by Crippen LogP contribution is 2.23. The molecule has 4 unspecified atom stereocenters. The van der Waals surface area contributed by atoms with Crippen molar-refractivity contribution in [3.63, 3.8) is 0 Å². The summed E-state index contributed by atoms with van der Waals surface area (Å²) >= 11 is 0. The van der Waals surface area contributed by atoms with Gasteiger partial charge in [-0.1, -0.05) is 0 Å². The van der Waals surface area contributed by atoms with E-state index in [1.54, 1.807) is 0 Å². The topological polar surface area (TPSA) is 87.0 Å². The fourth-order valence-electron chi connectivity index (χ4n) is 1.69. The van der Waals surface area contributed by atoms with Gasteiger partial charge in [0.25, 0.3) is 0 Å². The van der Waals surface area contributed by atoms with Gasteiger partial charge in [-0.25, -0.2) is 0 Å². The summed E-state index contributed by atoms with van der Waals surface area (Å²) in [6.45, 7) is 4.57. The predicted molar refractivity (Wildman–Crippen MR) is 68.5 cm³/mol. The van der Waals surface area contributed by atoms with Crippen molar-refractivity contribution in [1.82, 2.24) is 0 Å². The minimum absolute atomic E-state index is 0.124. The van der Waals surface area contributed by atoms with Crippen molar-refractivity contribution in [1.29, 1.82) is 0 Å². The molecule has 0 aromatic heterocycles. The third kappa shape index (κ3) is 4.95. The van der Waals surface area contributed by atoms with Crippen molar-refractivity contribution in [2.75, 3.05) is 52.9 Å². The number of epoxide rings is 4. The Bertz CT molecular complexity index is 284. The Balaban J connectivity index is 1.34. The van der Waals surface area contributed by atoms with Crippen molar-refractivity contribution in [3.8, 4) is 0 Å². The third-order valence-electron chi connectivity index (χ3n) is 3.39. The molecule has 9 heteroatoms. The maximum Gasteiger partial charge on any atom is 0.680 e. The zero-order valence-electron chi connectivity index (χ0n) is 11.7. The van der Waals surface area contributed by atoms with E-state index in [0.717, 1.165) is 0 Å². The lowest BCUT2D eigenvalue weighted by Crippen LogP contribution is -2.52. The largest absolute Gasteiger partial charge is 0.680 e. The smallest absolute Gasteiger partial charge is 0.371 e. The Labute approximate surface area is 124 Å². The molecule has 4 saturated heterocycles. The van der Waals surface area contributed by atoms with Crippen LogP contribution in [0.1, 0.15) is 0 Å². The summed E-state index contributed by atoms with van der Waals surface area (Å²) in [6.07, 6.45) is 0.497. The van der Waals surface area contributed by atoms with Crippen LogP contribution < -0.4 is 0 Å². The fourth-order valence-corrected chi connectivity index (χ4v) is 3.75. The minimum Gasteiger partial charge on any atom is -0.371 e. The van der Waals surface area contributed by atoms with Gasteiger partial charge >= 0.3 is 9.05 Å². The molecule has 0 amide bonds. The number of rotatable bonds is 12. The Hall–Kier alpha value is -0.103. The molecule has 0 bridgehead atoms. The summed E-state index contributed by atoms with van der Waals surface area (Å²) < 4.78 is 44.2. The van der Waals surface area contributed by atoms with Crippen molar-refractivity contribution in [2.45, 2.75) is 24.4 Å². The molecular weight excluding hydrogens is 300 g/mol. The summed E-state index contributed by atoms with van der Waals surface area (Å²) in [6, 6.07) is 0. The molecule has 4 aliphatic rings. The van der Waals surface area contributed by atoms with E-state index in [1.165, 1.54) is 0 Å². The molecule has 4 atom stereocenters. The van der Waals surface area contributed by atoms with Crippen molar-refractivity contribution < 1.29 is 36.7 Å². The van der Waals surface area contributed by atoms with E-state index in [2.05, 4.69) is 0 Å². The molecule has 0 aliphatic carbocycles. The van der Waals surface area contributed by atoms with Crippen LogP contribution in [0.25, 0.3) is 0 Å². The maximum atomic E-state index is 5.87. The molecule has 0 saturated carbocycles. The molecule has 4 aliphatic heterocycles. The SMILES string of the molecule is C1OC1CO[Si](OCC1CO1)(OCC1CO1)OCC1CO1. The number of ether oxygens (including phenoxy) is 4. The first-order valence-electron chi connectivity index (χ1n) is 7.33. The van der Waals surface area contributed by atoms with Gasteiger partial charge in [0.15, 0.2) is 0 Å².